The maximum Gasteiger partial charge on any atom is 0.230 e. The highest BCUT2D eigenvalue weighted by Gasteiger charge is 2.53. The van der Waals surface area contributed by atoms with Gasteiger partial charge in [0.15, 0.2) is 0 Å². The fourth-order valence-corrected chi connectivity index (χ4v) is 3.10. The Morgan fingerprint density at radius 1 is 1.45 bits per heavy atom. The molecule has 1 aliphatic heterocycles. The zero-order chi connectivity index (χ0) is 15.7. The van der Waals surface area contributed by atoms with Gasteiger partial charge >= 0.3 is 0 Å². The number of fused-ring (bicyclic) bond motifs is 1. The van der Waals surface area contributed by atoms with Crippen molar-refractivity contribution in [2.24, 2.45) is 5.92 Å². The summed E-state index contributed by atoms with van der Waals surface area (Å²) in [5.74, 6) is -0.602. The molecule has 1 saturated carbocycles. The number of hydrogen-bond acceptors (Lipinski definition) is 4. The third-order valence-electron chi connectivity index (χ3n) is 4.72. The van der Waals surface area contributed by atoms with Gasteiger partial charge in [0.2, 0.25) is 11.9 Å². The first-order chi connectivity index (χ1) is 10.6. The summed E-state index contributed by atoms with van der Waals surface area (Å²) in [5.41, 5.74) is 2.75. The second-order valence-corrected chi connectivity index (χ2v) is 6.28. The standard InChI is InChI=1S/C16H21N3O3/c1-11(9-17-16(20)14-8-15(14)19(21)22)18-7-6-12-4-2-3-5-13(12)10-18/h2-5,11,14-15H,6-10H2,1H3,(H,17,20)/t11-,14-,15-/m1/s1. The summed E-state index contributed by atoms with van der Waals surface area (Å²) in [6.45, 7) is 4.51. The lowest BCUT2D eigenvalue weighted by molar-refractivity contribution is -0.497. The molecule has 0 spiro atoms. The van der Waals surface area contributed by atoms with Gasteiger partial charge in [0.25, 0.3) is 0 Å². The lowest BCUT2D eigenvalue weighted by Crippen LogP contribution is -2.44. The van der Waals surface area contributed by atoms with E-state index in [1.165, 1.54) is 11.1 Å². The van der Waals surface area contributed by atoms with Crippen LogP contribution in [0.2, 0.25) is 0 Å². The van der Waals surface area contributed by atoms with E-state index in [4.69, 9.17) is 0 Å². The van der Waals surface area contributed by atoms with Crippen molar-refractivity contribution in [1.82, 2.24) is 10.2 Å². The van der Waals surface area contributed by atoms with Gasteiger partial charge in [0.1, 0.15) is 5.92 Å². The Labute approximate surface area is 129 Å². The average Bonchev–Trinajstić information content (AvgIpc) is 3.32. The average molecular weight is 303 g/mol. The summed E-state index contributed by atoms with van der Waals surface area (Å²) >= 11 is 0. The number of amides is 1. The highest BCUT2D eigenvalue weighted by molar-refractivity contribution is 5.81. The van der Waals surface area contributed by atoms with Crippen LogP contribution in [-0.4, -0.2) is 40.9 Å². The molecule has 3 rings (SSSR count). The Hall–Kier alpha value is -1.95. The van der Waals surface area contributed by atoms with E-state index in [-0.39, 0.29) is 16.9 Å². The number of carbonyl (C=O) groups is 1. The number of benzene rings is 1. The number of nitrogens with one attached hydrogen (secondary N) is 1. The molecule has 2 aliphatic rings. The van der Waals surface area contributed by atoms with E-state index >= 15 is 0 Å². The zero-order valence-corrected chi connectivity index (χ0v) is 12.7. The zero-order valence-electron chi connectivity index (χ0n) is 12.7. The van der Waals surface area contributed by atoms with Crippen LogP contribution in [0.1, 0.15) is 24.5 Å². The van der Waals surface area contributed by atoms with Gasteiger partial charge in [-0.3, -0.25) is 19.8 Å². The molecule has 118 valence electrons. The Balaban J connectivity index is 1.48. The maximum atomic E-state index is 11.9. The van der Waals surface area contributed by atoms with Gasteiger partial charge in [-0.25, -0.2) is 0 Å². The molecule has 6 nitrogen and oxygen atoms in total. The first-order valence-electron chi connectivity index (χ1n) is 7.78. The number of rotatable bonds is 5. The number of nitrogens with zero attached hydrogens (tertiary/aromatic N) is 2. The van der Waals surface area contributed by atoms with Crippen molar-refractivity contribution in [3.05, 3.63) is 45.5 Å². The largest absolute Gasteiger partial charge is 0.354 e. The van der Waals surface area contributed by atoms with Crippen LogP contribution in [0.3, 0.4) is 0 Å². The Morgan fingerprint density at radius 2 is 2.18 bits per heavy atom. The maximum absolute atomic E-state index is 11.9. The highest BCUT2D eigenvalue weighted by atomic mass is 16.6. The van der Waals surface area contributed by atoms with Crippen molar-refractivity contribution in [2.45, 2.75) is 38.4 Å². The highest BCUT2D eigenvalue weighted by Crippen LogP contribution is 2.33. The molecule has 0 aromatic heterocycles. The lowest BCUT2D eigenvalue weighted by atomic mass is 9.99. The summed E-state index contributed by atoms with van der Waals surface area (Å²) in [6, 6.07) is 8.00. The molecule has 1 N–H and O–H groups in total. The summed E-state index contributed by atoms with van der Waals surface area (Å²) in [7, 11) is 0. The quantitative estimate of drug-likeness (QED) is 0.655. The summed E-state index contributed by atoms with van der Waals surface area (Å²) in [5, 5.41) is 13.5. The molecule has 3 atom stereocenters. The van der Waals surface area contributed by atoms with Gasteiger partial charge in [-0.05, 0) is 24.5 Å². The molecule has 1 fully saturated rings. The minimum atomic E-state index is -0.669. The fourth-order valence-electron chi connectivity index (χ4n) is 3.10. The van der Waals surface area contributed by atoms with E-state index in [2.05, 4.69) is 41.4 Å². The summed E-state index contributed by atoms with van der Waals surface area (Å²) < 4.78 is 0. The van der Waals surface area contributed by atoms with E-state index in [0.717, 1.165) is 19.5 Å². The van der Waals surface area contributed by atoms with E-state index in [0.29, 0.717) is 13.0 Å². The van der Waals surface area contributed by atoms with Gasteiger partial charge < -0.3 is 5.32 Å². The van der Waals surface area contributed by atoms with Crippen molar-refractivity contribution in [3.63, 3.8) is 0 Å². The third kappa shape index (κ3) is 3.11. The molecule has 0 unspecified atom stereocenters. The molecule has 1 aliphatic carbocycles. The minimum Gasteiger partial charge on any atom is -0.354 e. The van der Waals surface area contributed by atoms with E-state index in [1.54, 1.807) is 0 Å². The number of nitro groups is 1. The number of carbonyl (C=O) groups excluding carboxylic acids is 1. The minimum absolute atomic E-state index is 0.175. The van der Waals surface area contributed by atoms with Crippen LogP contribution in [0.25, 0.3) is 0 Å². The van der Waals surface area contributed by atoms with Gasteiger partial charge in [-0.15, -0.1) is 0 Å². The lowest BCUT2D eigenvalue weighted by Gasteiger charge is -2.33. The van der Waals surface area contributed by atoms with Crippen LogP contribution in [0.4, 0.5) is 0 Å². The molecule has 0 bridgehead atoms. The summed E-state index contributed by atoms with van der Waals surface area (Å²) in [6.07, 6.45) is 1.41. The fraction of sp³-hybridized carbons (Fsp3) is 0.562. The van der Waals surface area contributed by atoms with Crippen molar-refractivity contribution < 1.29 is 9.72 Å². The van der Waals surface area contributed by atoms with E-state index < -0.39 is 12.0 Å². The first kappa shape index (κ1) is 15.0. The van der Waals surface area contributed by atoms with Crippen molar-refractivity contribution >= 4 is 5.91 Å². The molecule has 1 aromatic carbocycles. The smallest absolute Gasteiger partial charge is 0.230 e. The molecule has 1 amide bonds. The first-order valence-corrected chi connectivity index (χ1v) is 7.78. The van der Waals surface area contributed by atoms with Crippen LogP contribution in [0, 0.1) is 16.0 Å². The van der Waals surface area contributed by atoms with Gasteiger partial charge in [0, 0.05) is 37.0 Å². The van der Waals surface area contributed by atoms with Crippen molar-refractivity contribution in [2.75, 3.05) is 13.1 Å². The predicted molar refractivity (Wildman–Crippen MR) is 81.9 cm³/mol. The molecular weight excluding hydrogens is 282 g/mol. The molecule has 0 saturated heterocycles. The molecule has 22 heavy (non-hydrogen) atoms. The van der Waals surface area contributed by atoms with Gasteiger partial charge in [-0.1, -0.05) is 24.3 Å². The molecule has 0 radical (unpaired) electrons. The second kappa shape index (κ2) is 6.04. The van der Waals surface area contributed by atoms with Crippen LogP contribution in [0.5, 0.6) is 0 Å². The van der Waals surface area contributed by atoms with Crippen LogP contribution in [-0.2, 0) is 17.8 Å². The van der Waals surface area contributed by atoms with E-state index in [1.807, 2.05) is 0 Å². The van der Waals surface area contributed by atoms with Crippen LogP contribution >= 0.6 is 0 Å². The number of hydrogen-bond donors (Lipinski definition) is 1. The Bertz CT molecular complexity index is 590. The van der Waals surface area contributed by atoms with Crippen LogP contribution < -0.4 is 5.32 Å². The van der Waals surface area contributed by atoms with Crippen LogP contribution in [0.15, 0.2) is 24.3 Å². The molecule has 6 heteroatoms. The predicted octanol–water partition coefficient (Wildman–Crippen LogP) is 1.21. The van der Waals surface area contributed by atoms with Gasteiger partial charge in [0.05, 0.1) is 0 Å². The summed E-state index contributed by atoms with van der Waals surface area (Å²) in [4.78, 5) is 24.5. The van der Waals surface area contributed by atoms with Gasteiger partial charge in [-0.2, -0.15) is 0 Å². The monoisotopic (exact) mass is 303 g/mol. The normalized spacial score (nSPS) is 25.1. The molecular formula is C16H21N3O3. The van der Waals surface area contributed by atoms with E-state index in [9.17, 15) is 14.9 Å². The Kier molecular flexibility index (Phi) is 4.11. The topological polar surface area (TPSA) is 75.5 Å². The van der Waals surface area contributed by atoms with Crippen molar-refractivity contribution in [3.8, 4) is 0 Å². The SMILES string of the molecule is C[C@H](CNC(=O)[C@@H]1C[C@H]1[N+](=O)[O-])N1CCc2ccccc2C1. The second-order valence-electron chi connectivity index (χ2n) is 6.28. The Morgan fingerprint density at radius 3 is 2.86 bits per heavy atom. The third-order valence-corrected chi connectivity index (χ3v) is 4.72. The molecule has 1 aromatic rings. The van der Waals surface area contributed by atoms with Crippen molar-refractivity contribution in [1.29, 1.82) is 0 Å². The molecule has 1 heterocycles.